The molecule has 1 heterocycles. The minimum absolute atomic E-state index is 0.0861. The number of nitrogens with zero attached hydrogens (tertiary/aromatic N) is 1. The average Bonchev–Trinajstić information content (AvgIpc) is 2.52. The number of amides is 1. The molecule has 1 aliphatic rings. The Morgan fingerprint density at radius 1 is 1.38 bits per heavy atom. The van der Waals surface area contributed by atoms with Gasteiger partial charge >= 0.3 is 0 Å². The molecule has 21 heavy (non-hydrogen) atoms. The summed E-state index contributed by atoms with van der Waals surface area (Å²) in [6.45, 7) is 3.65. The first kappa shape index (κ1) is 16.1. The zero-order chi connectivity index (χ0) is 15.1. The van der Waals surface area contributed by atoms with Crippen LogP contribution >= 0.6 is 11.6 Å². The lowest BCUT2D eigenvalue weighted by Crippen LogP contribution is -2.30. The van der Waals surface area contributed by atoms with Crippen LogP contribution in [0.25, 0.3) is 0 Å². The summed E-state index contributed by atoms with van der Waals surface area (Å²) >= 11 is 6.15. The maximum Gasteiger partial charge on any atom is 0.252 e. The molecular formula is C16H24ClN3O. The Hall–Kier alpha value is -1.29. The molecule has 0 spiro atoms. The zero-order valence-electron chi connectivity index (χ0n) is 12.6. The van der Waals surface area contributed by atoms with E-state index < -0.39 is 0 Å². The molecule has 2 rings (SSSR count). The number of carbonyl (C=O) groups excluding carboxylic acids is 1. The summed E-state index contributed by atoms with van der Waals surface area (Å²) in [7, 11) is 0. The topological polar surface area (TPSA) is 54.0 Å². The van der Waals surface area contributed by atoms with E-state index in [0.29, 0.717) is 22.3 Å². The third kappa shape index (κ3) is 4.88. The summed E-state index contributed by atoms with van der Waals surface area (Å²) < 4.78 is 0. The summed E-state index contributed by atoms with van der Waals surface area (Å²) in [5, 5.41) is 6.63. The SMILES string of the molecule is CCCNc1ncc(C(=O)NCC2CCCCC2)cc1Cl. The van der Waals surface area contributed by atoms with Crippen molar-refractivity contribution < 1.29 is 4.79 Å². The maximum absolute atomic E-state index is 12.1. The molecule has 116 valence electrons. The van der Waals surface area contributed by atoms with Crippen LogP contribution in [0.15, 0.2) is 12.3 Å². The largest absolute Gasteiger partial charge is 0.369 e. The first-order valence-electron chi connectivity index (χ1n) is 7.88. The van der Waals surface area contributed by atoms with E-state index in [1.807, 2.05) is 0 Å². The molecule has 0 saturated heterocycles. The highest BCUT2D eigenvalue weighted by Gasteiger charge is 2.15. The van der Waals surface area contributed by atoms with E-state index in [1.54, 1.807) is 12.3 Å². The fourth-order valence-electron chi connectivity index (χ4n) is 2.67. The van der Waals surface area contributed by atoms with Crippen molar-refractivity contribution >= 4 is 23.3 Å². The lowest BCUT2D eigenvalue weighted by Gasteiger charge is -2.21. The Kier molecular flexibility index (Phi) is 6.30. The Morgan fingerprint density at radius 3 is 2.81 bits per heavy atom. The van der Waals surface area contributed by atoms with Crippen molar-refractivity contribution in [2.75, 3.05) is 18.4 Å². The number of hydrogen-bond donors (Lipinski definition) is 2. The van der Waals surface area contributed by atoms with Gasteiger partial charge in [-0.1, -0.05) is 37.8 Å². The highest BCUT2D eigenvalue weighted by molar-refractivity contribution is 6.33. The molecule has 0 bridgehead atoms. The predicted octanol–water partition coefficient (Wildman–Crippen LogP) is 3.87. The van der Waals surface area contributed by atoms with Crippen LogP contribution in [0.1, 0.15) is 55.8 Å². The second-order valence-corrected chi connectivity index (χ2v) is 6.10. The van der Waals surface area contributed by atoms with Gasteiger partial charge in [0.1, 0.15) is 5.82 Å². The van der Waals surface area contributed by atoms with Gasteiger partial charge in [0.15, 0.2) is 0 Å². The molecule has 5 heteroatoms. The first-order chi connectivity index (χ1) is 10.2. The van der Waals surface area contributed by atoms with Gasteiger partial charge in [0.25, 0.3) is 5.91 Å². The van der Waals surface area contributed by atoms with E-state index in [-0.39, 0.29) is 5.91 Å². The summed E-state index contributed by atoms with van der Waals surface area (Å²) in [6, 6.07) is 1.68. The number of carbonyl (C=O) groups is 1. The van der Waals surface area contributed by atoms with Crippen molar-refractivity contribution in [2.45, 2.75) is 45.4 Å². The number of anilines is 1. The van der Waals surface area contributed by atoms with Crippen molar-refractivity contribution in [3.05, 3.63) is 22.8 Å². The molecule has 1 aromatic heterocycles. The summed E-state index contributed by atoms with van der Waals surface area (Å²) in [5.74, 6) is 1.18. The molecule has 2 N–H and O–H groups in total. The van der Waals surface area contributed by atoms with Crippen molar-refractivity contribution in [1.29, 1.82) is 0 Å². The van der Waals surface area contributed by atoms with Gasteiger partial charge in [-0.25, -0.2) is 4.98 Å². The number of pyridine rings is 1. The van der Waals surface area contributed by atoms with E-state index in [4.69, 9.17) is 11.6 Å². The van der Waals surface area contributed by atoms with Gasteiger partial charge in [-0.3, -0.25) is 4.79 Å². The minimum atomic E-state index is -0.0861. The van der Waals surface area contributed by atoms with Gasteiger partial charge in [-0.15, -0.1) is 0 Å². The molecule has 1 aliphatic carbocycles. The van der Waals surface area contributed by atoms with Crippen LogP contribution in [0.4, 0.5) is 5.82 Å². The number of hydrogen-bond acceptors (Lipinski definition) is 3. The number of halogens is 1. The van der Waals surface area contributed by atoms with E-state index >= 15 is 0 Å². The minimum Gasteiger partial charge on any atom is -0.369 e. The van der Waals surface area contributed by atoms with E-state index in [0.717, 1.165) is 19.5 Å². The molecular weight excluding hydrogens is 286 g/mol. The van der Waals surface area contributed by atoms with E-state index in [2.05, 4.69) is 22.5 Å². The fraction of sp³-hybridized carbons (Fsp3) is 0.625. The van der Waals surface area contributed by atoms with Crippen LogP contribution in [0.3, 0.4) is 0 Å². The molecule has 1 fully saturated rings. The van der Waals surface area contributed by atoms with E-state index in [9.17, 15) is 4.79 Å². The highest BCUT2D eigenvalue weighted by atomic mass is 35.5. The highest BCUT2D eigenvalue weighted by Crippen LogP contribution is 2.23. The smallest absolute Gasteiger partial charge is 0.252 e. The van der Waals surface area contributed by atoms with Crippen LogP contribution in [-0.2, 0) is 0 Å². The third-order valence-electron chi connectivity index (χ3n) is 3.92. The summed E-state index contributed by atoms with van der Waals surface area (Å²) in [4.78, 5) is 16.4. The molecule has 0 aromatic carbocycles. The standard InChI is InChI=1S/C16H24ClN3O/c1-2-8-18-15-14(17)9-13(11-19-15)16(21)20-10-12-6-4-3-5-7-12/h9,11-12H,2-8,10H2,1H3,(H,18,19)(H,20,21). The molecule has 0 unspecified atom stereocenters. The molecule has 1 aromatic rings. The summed E-state index contributed by atoms with van der Waals surface area (Å²) in [5.41, 5.74) is 0.526. The molecule has 4 nitrogen and oxygen atoms in total. The Morgan fingerprint density at radius 2 is 2.14 bits per heavy atom. The second kappa shape index (κ2) is 8.23. The quantitative estimate of drug-likeness (QED) is 0.838. The van der Waals surface area contributed by atoms with Gasteiger partial charge < -0.3 is 10.6 Å². The molecule has 1 amide bonds. The molecule has 0 aliphatic heterocycles. The monoisotopic (exact) mass is 309 g/mol. The lowest BCUT2D eigenvalue weighted by molar-refractivity contribution is 0.0943. The van der Waals surface area contributed by atoms with Crippen LogP contribution in [0.5, 0.6) is 0 Å². The lowest BCUT2D eigenvalue weighted by atomic mass is 9.89. The van der Waals surface area contributed by atoms with Gasteiger partial charge in [0.05, 0.1) is 10.6 Å². The van der Waals surface area contributed by atoms with Crippen LogP contribution in [0, 0.1) is 5.92 Å². The van der Waals surface area contributed by atoms with Crippen molar-refractivity contribution in [1.82, 2.24) is 10.3 Å². The predicted molar refractivity (Wildman–Crippen MR) is 86.9 cm³/mol. The van der Waals surface area contributed by atoms with Gasteiger partial charge in [0.2, 0.25) is 0 Å². The van der Waals surface area contributed by atoms with Crippen molar-refractivity contribution in [3.8, 4) is 0 Å². The van der Waals surface area contributed by atoms with Gasteiger partial charge in [0, 0.05) is 19.3 Å². The number of nitrogens with one attached hydrogen (secondary N) is 2. The van der Waals surface area contributed by atoms with Crippen LogP contribution < -0.4 is 10.6 Å². The number of rotatable bonds is 6. The van der Waals surface area contributed by atoms with Crippen LogP contribution in [-0.4, -0.2) is 24.0 Å². The van der Waals surface area contributed by atoms with Crippen molar-refractivity contribution in [2.24, 2.45) is 5.92 Å². The molecule has 0 radical (unpaired) electrons. The van der Waals surface area contributed by atoms with Crippen LogP contribution in [0.2, 0.25) is 5.02 Å². The Labute approximate surface area is 131 Å². The van der Waals surface area contributed by atoms with E-state index in [1.165, 1.54) is 32.1 Å². The van der Waals surface area contributed by atoms with Gasteiger partial charge in [-0.2, -0.15) is 0 Å². The molecule has 1 saturated carbocycles. The van der Waals surface area contributed by atoms with Gasteiger partial charge in [-0.05, 0) is 31.2 Å². The zero-order valence-corrected chi connectivity index (χ0v) is 13.4. The Bertz CT molecular complexity index is 473. The normalized spacial score (nSPS) is 15.7. The fourth-order valence-corrected chi connectivity index (χ4v) is 2.90. The second-order valence-electron chi connectivity index (χ2n) is 5.70. The Balaban J connectivity index is 1.88. The van der Waals surface area contributed by atoms with Crippen molar-refractivity contribution in [3.63, 3.8) is 0 Å². The average molecular weight is 310 g/mol. The number of aromatic nitrogens is 1. The third-order valence-corrected chi connectivity index (χ3v) is 4.21. The molecule has 0 atom stereocenters. The maximum atomic E-state index is 12.1. The summed E-state index contributed by atoms with van der Waals surface area (Å²) in [6.07, 6.45) is 8.92. The first-order valence-corrected chi connectivity index (χ1v) is 8.26.